The smallest absolute Gasteiger partial charge is 0.338 e. The number of aryl methyl sites for hydroxylation is 1. The highest BCUT2D eigenvalue weighted by atomic mass is 16.6. The highest BCUT2D eigenvalue weighted by Gasteiger charge is 2.36. The number of hydrogen-bond acceptors (Lipinski definition) is 10. The lowest BCUT2D eigenvalue weighted by Crippen LogP contribution is -2.34. The Labute approximate surface area is 212 Å². The number of carbonyl (C=O) groups excluding carboxylic acids is 1. The maximum absolute atomic E-state index is 12.9. The van der Waals surface area contributed by atoms with E-state index in [0.717, 1.165) is 48.9 Å². The van der Waals surface area contributed by atoms with Crippen molar-refractivity contribution < 1.29 is 44.9 Å². The lowest BCUT2D eigenvalue weighted by atomic mass is 9.92. The van der Waals surface area contributed by atoms with Crippen LogP contribution in [-0.2, 0) is 17.6 Å². The molecule has 196 valence electrons. The average molecular weight is 512 g/mol. The van der Waals surface area contributed by atoms with Crippen molar-refractivity contribution in [1.29, 1.82) is 0 Å². The molecule has 0 saturated heterocycles. The minimum atomic E-state index is -0.969. The topological polar surface area (TPSA) is 183 Å². The Kier molecular flexibility index (Phi) is 7.49. The maximum atomic E-state index is 12.9. The Hall–Kier alpha value is -4.31. The summed E-state index contributed by atoms with van der Waals surface area (Å²) in [6.07, 6.45) is 2.07. The zero-order chi connectivity index (χ0) is 26.7. The van der Waals surface area contributed by atoms with Crippen LogP contribution in [0.2, 0.25) is 0 Å². The first-order chi connectivity index (χ1) is 17.7. The summed E-state index contributed by atoms with van der Waals surface area (Å²) < 4.78 is 11.9. The molecule has 10 nitrogen and oxygen atoms in total. The molecule has 0 aromatic heterocycles. The molecule has 3 aromatic rings. The van der Waals surface area contributed by atoms with Crippen molar-refractivity contribution in [2.24, 2.45) is 5.73 Å². The number of unbranched alkanes of at least 4 members (excludes halogenated alkanes) is 2. The Morgan fingerprint density at radius 3 is 2.11 bits per heavy atom. The number of esters is 1. The predicted molar refractivity (Wildman–Crippen MR) is 132 cm³/mol. The van der Waals surface area contributed by atoms with Crippen LogP contribution in [0.15, 0.2) is 42.5 Å². The second kappa shape index (κ2) is 10.8. The van der Waals surface area contributed by atoms with Crippen LogP contribution in [0, 0.1) is 0 Å². The Bertz CT molecular complexity index is 1260. The van der Waals surface area contributed by atoms with Crippen molar-refractivity contribution in [2.45, 2.75) is 44.3 Å². The van der Waals surface area contributed by atoms with Crippen molar-refractivity contribution in [3.63, 3.8) is 0 Å². The van der Waals surface area contributed by atoms with Gasteiger partial charge in [-0.05, 0) is 67.3 Å². The van der Waals surface area contributed by atoms with Crippen molar-refractivity contribution in [3.8, 4) is 40.2 Å². The number of phenols is 6. The van der Waals surface area contributed by atoms with Crippen LogP contribution in [0.3, 0.4) is 0 Å². The molecule has 0 unspecified atom stereocenters. The SMILES string of the molecule is NCCCCCc1ccc2c(c1)C[C@@H](OC(=O)c1cc(O)c(O)c(O)c1)[C@H](c1cc(O)c(O)c(O)c1)O2. The molecule has 0 bridgehead atoms. The van der Waals surface area contributed by atoms with Crippen LogP contribution >= 0.6 is 0 Å². The molecule has 37 heavy (non-hydrogen) atoms. The number of ether oxygens (including phenoxy) is 2. The number of nitrogens with two attached hydrogens (primary N) is 1. The molecule has 0 fully saturated rings. The van der Waals surface area contributed by atoms with Crippen LogP contribution in [0.4, 0.5) is 0 Å². The molecule has 3 aromatic carbocycles. The molecule has 0 saturated carbocycles. The molecule has 0 radical (unpaired) electrons. The van der Waals surface area contributed by atoms with E-state index in [1.165, 1.54) is 12.1 Å². The molecule has 1 aliphatic rings. The third-order valence-corrected chi connectivity index (χ3v) is 6.29. The number of rotatable bonds is 8. The molecule has 2 atom stereocenters. The summed E-state index contributed by atoms with van der Waals surface area (Å²) in [5.74, 6) is -4.36. The number of fused-ring (bicyclic) bond motifs is 1. The highest BCUT2D eigenvalue weighted by molar-refractivity contribution is 5.91. The van der Waals surface area contributed by atoms with Gasteiger partial charge in [0, 0.05) is 12.0 Å². The summed E-state index contributed by atoms with van der Waals surface area (Å²) in [7, 11) is 0. The average Bonchev–Trinajstić information content (AvgIpc) is 2.87. The third kappa shape index (κ3) is 5.59. The van der Waals surface area contributed by atoms with Crippen LogP contribution in [-0.4, -0.2) is 49.3 Å². The summed E-state index contributed by atoms with van der Waals surface area (Å²) >= 11 is 0. The van der Waals surface area contributed by atoms with Gasteiger partial charge in [0.15, 0.2) is 40.6 Å². The molecule has 0 aliphatic carbocycles. The first-order valence-electron chi connectivity index (χ1n) is 11.9. The number of hydrogen-bond donors (Lipinski definition) is 7. The third-order valence-electron chi connectivity index (χ3n) is 6.29. The molecule has 8 N–H and O–H groups in total. The minimum Gasteiger partial charge on any atom is -0.504 e. The van der Waals surface area contributed by atoms with Crippen molar-refractivity contribution in [1.82, 2.24) is 0 Å². The lowest BCUT2D eigenvalue weighted by molar-refractivity contribution is -0.0184. The van der Waals surface area contributed by atoms with Gasteiger partial charge in [0.1, 0.15) is 11.9 Å². The van der Waals surface area contributed by atoms with E-state index in [2.05, 4.69) is 0 Å². The van der Waals surface area contributed by atoms with Gasteiger partial charge in [0.2, 0.25) is 0 Å². The van der Waals surface area contributed by atoms with Gasteiger partial charge < -0.3 is 45.8 Å². The van der Waals surface area contributed by atoms with E-state index in [1.54, 1.807) is 0 Å². The van der Waals surface area contributed by atoms with E-state index in [9.17, 15) is 35.4 Å². The number of carbonyl (C=O) groups is 1. The van der Waals surface area contributed by atoms with Crippen LogP contribution in [0.1, 0.15) is 52.4 Å². The van der Waals surface area contributed by atoms with Crippen LogP contribution in [0.25, 0.3) is 0 Å². The van der Waals surface area contributed by atoms with Crippen molar-refractivity contribution in [2.75, 3.05) is 6.54 Å². The van der Waals surface area contributed by atoms with Gasteiger partial charge >= 0.3 is 5.97 Å². The molecule has 0 amide bonds. The zero-order valence-corrected chi connectivity index (χ0v) is 19.9. The molecular formula is C27H29NO9. The van der Waals surface area contributed by atoms with E-state index in [-0.39, 0.29) is 17.5 Å². The first-order valence-corrected chi connectivity index (χ1v) is 11.9. The fraction of sp³-hybridized carbons (Fsp3) is 0.296. The Balaban J connectivity index is 1.65. The molecular weight excluding hydrogens is 482 g/mol. The first kappa shape index (κ1) is 25.8. The molecule has 1 aliphatic heterocycles. The quantitative estimate of drug-likeness (QED) is 0.134. The van der Waals surface area contributed by atoms with Gasteiger partial charge in [0.25, 0.3) is 0 Å². The largest absolute Gasteiger partial charge is 0.504 e. The Morgan fingerprint density at radius 2 is 1.49 bits per heavy atom. The van der Waals surface area contributed by atoms with E-state index in [1.807, 2.05) is 18.2 Å². The summed E-state index contributed by atoms with van der Waals surface area (Å²) in [4.78, 5) is 12.9. The highest BCUT2D eigenvalue weighted by Crippen LogP contribution is 2.43. The van der Waals surface area contributed by atoms with Gasteiger partial charge in [0.05, 0.1) is 5.56 Å². The van der Waals surface area contributed by atoms with Crippen LogP contribution in [0.5, 0.6) is 40.2 Å². The number of benzene rings is 3. The monoisotopic (exact) mass is 511 g/mol. The predicted octanol–water partition coefficient (Wildman–Crippen LogP) is 3.49. The molecule has 10 heteroatoms. The standard InChI is InChI=1S/C27H29NO9/c28-7-3-1-2-4-14-5-6-22-15(8-14)13-23(26(36-22)16-9-18(29)24(33)19(30)10-16)37-27(35)17-11-20(31)25(34)21(32)12-17/h5-6,8-12,23,26,29-34H,1-4,7,13,28H2/t23-,26+/m1/s1. The van der Waals surface area contributed by atoms with E-state index in [0.29, 0.717) is 12.3 Å². The van der Waals surface area contributed by atoms with Gasteiger partial charge in [-0.25, -0.2) is 4.79 Å². The normalized spacial score (nSPS) is 16.6. The van der Waals surface area contributed by atoms with Gasteiger partial charge in [-0.15, -0.1) is 0 Å². The van der Waals surface area contributed by atoms with Gasteiger partial charge in [-0.1, -0.05) is 18.6 Å². The summed E-state index contributed by atoms with van der Waals surface area (Å²) in [6, 6.07) is 10.1. The second-order valence-electron chi connectivity index (χ2n) is 9.00. The molecule has 1 heterocycles. The fourth-order valence-electron chi connectivity index (χ4n) is 4.35. The maximum Gasteiger partial charge on any atom is 0.338 e. The van der Waals surface area contributed by atoms with Gasteiger partial charge in [-0.2, -0.15) is 0 Å². The van der Waals surface area contributed by atoms with Crippen LogP contribution < -0.4 is 10.5 Å². The number of phenolic OH excluding ortho intramolecular Hbond substituents is 6. The fourth-order valence-corrected chi connectivity index (χ4v) is 4.35. The van der Waals surface area contributed by atoms with E-state index >= 15 is 0 Å². The molecule has 0 spiro atoms. The zero-order valence-electron chi connectivity index (χ0n) is 19.9. The Morgan fingerprint density at radius 1 is 0.865 bits per heavy atom. The lowest BCUT2D eigenvalue weighted by Gasteiger charge is -2.34. The van der Waals surface area contributed by atoms with Gasteiger partial charge in [-0.3, -0.25) is 0 Å². The minimum absolute atomic E-state index is 0.206. The number of aromatic hydroxyl groups is 6. The van der Waals surface area contributed by atoms with Crippen molar-refractivity contribution in [3.05, 3.63) is 64.7 Å². The summed E-state index contributed by atoms with van der Waals surface area (Å²) in [5, 5.41) is 59.0. The molecule has 4 rings (SSSR count). The van der Waals surface area contributed by atoms with E-state index < -0.39 is 52.7 Å². The second-order valence-corrected chi connectivity index (χ2v) is 9.00. The summed E-state index contributed by atoms with van der Waals surface area (Å²) in [6.45, 7) is 0.644. The van der Waals surface area contributed by atoms with E-state index in [4.69, 9.17) is 15.2 Å². The van der Waals surface area contributed by atoms with Crippen molar-refractivity contribution >= 4 is 5.97 Å². The summed E-state index contributed by atoms with van der Waals surface area (Å²) in [5.41, 5.74) is 7.47.